The minimum Gasteiger partial charge on any atom is -0.442 e. The van der Waals surface area contributed by atoms with Crippen molar-refractivity contribution in [3.63, 3.8) is 0 Å². The number of amides is 1. The Balaban J connectivity index is 0.00000529. The Bertz CT molecular complexity index is 450. The first-order valence-corrected chi connectivity index (χ1v) is 8.67. The highest BCUT2D eigenvalue weighted by Crippen LogP contribution is 2.13. The molecule has 0 aromatic heterocycles. The van der Waals surface area contributed by atoms with E-state index >= 15 is 0 Å². The van der Waals surface area contributed by atoms with Crippen molar-refractivity contribution in [2.24, 2.45) is 5.73 Å². The maximum Gasteiger partial charge on any atom is 0.307 e. The van der Waals surface area contributed by atoms with Crippen LogP contribution in [0.2, 0.25) is 0 Å². The van der Waals surface area contributed by atoms with Crippen LogP contribution in [0.4, 0.5) is 0 Å². The number of esters is 1. The SMILES string of the molecule is Br.CCCCCCCCCC(=O)OC(C)N1C=CC=C(C(N)=O)C1. The van der Waals surface area contributed by atoms with Crippen LogP contribution in [0, 0.1) is 0 Å². The summed E-state index contributed by atoms with van der Waals surface area (Å²) in [4.78, 5) is 24.9. The molecule has 24 heavy (non-hydrogen) atoms. The smallest absolute Gasteiger partial charge is 0.307 e. The molecule has 1 aliphatic rings. The minimum atomic E-state index is -0.444. The number of ether oxygens (including phenoxy) is 1. The van der Waals surface area contributed by atoms with Gasteiger partial charge in [-0.05, 0) is 19.4 Å². The predicted octanol–water partition coefficient (Wildman–Crippen LogP) is 3.84. The summed E-state index contributed by atoms with van der Waals surface area (Å²) >= 11 is 0. The molecule has 0 aromatic rings. The highest BCUT2D eigenvalue weighted by atomic mass is 79.9. The summed E-state index contributed by atoms with van der Waals surface area (Å²) in [5, 5.41) is 0. The molecule has 0 aliphatic carbocycles. The Morgan fingerprint density at radius 1 is 1.21 bits per heavy atom. The lowest BCUT2D eigenvalue weighted by Crippen LogP contribution is -2.37. The second-order valence-electron chi connectivity index (χ2n) is 6.03. The summed E-state index contributed by atoms with van der Waals surface area (Å²) in [6, 6.07) is 0. The average molecular weight is 403 g/mol. The second-order valence-corrected chi connectivity index (χ2v) is 6.03. The number of primary amides is 1. The van der Waals surface area contributed by atoms with Crippen LogP contribution in [0.25, 0.3) is 0 Å². The standard InChI is InChI=1S/C18H30N2O3.BrH/c1-3-4-5-6-7-8-9-12-17(21)23-15(2)20-13-10-11-16(14-20)18(19)22;/h10-11,13,15H,3-9,12,14H2,1-2H3,(H2,19,22);1H. The number of allylic oxidation sites excluding steroid dienone is 2. The Hall–Kier alpha value is -1.30. The van der Waals surface area contributed by atoms with Crippen LogP contribution in [0.15, 0.2) is 23.9 Å². The zero-order valence-corrected chi connectivity index (χ0v) is 16.5. The number of nitrogens with zero attached hydrogens (tertiary/aromatic N) is 1. The van der Waals surface area contributed by atoms with Gasteiger partial charge < -0.3 is 15.4 Å². The molecule has 6 heteroatoms. The summed E-state index contributed by atoms with van der Waals surface area (Å²) in [5.74, 6) is -0.629. The number of carbonyl (C=O) groups excluding carboxylic acids is 2. The largest absolute Gasteiger partial charge is 0.442 e. The molecule has 138 valence electrons. The van der Waals surface area contributed by atoms with Gasteiger partial charge in [0.2, 0.25) is 5.91 Å². The van der Waals surface area contributed by atoms with Gasteiger partial charge in [-0.15, -0.1) is 17.0 Å². The predicted molar refractivity (Wildman–Crippen MR) is 102 cm³/mol. The lowest BCUT2D eigenvalue weighted by Gasteiger charge is -2.29. The maximum atomic E-state index is 11.9. The van der Waals surface area contributed by atoms with E-state index in [0.717, 1.165) is 12.8 Å². The summed E-state index contributed by atoms with van der Waals surface area (Å²) in [7, 11) is 0. The van der Waals surface area contributed by atoms with Crippen LogP contribution < -0.4 is 5.73 Å². The number of nitrogens with two attached hydrogens (primary N) is 1. The Labute approximate surface area is 156 Å². The fourth-order valence-electron chi connectivity index (χ4n) is 2.52. The van der Waals surface area contributed by atoms with Gasteiger partial charge >= 0.3 is 5.97 Å². The lowest BCUT2D eigenvalue weighted by molar-refractivity contribution is -0.155. The van der Waals surface area contributed by atoms with E-state index in [9.17, 15) is 9.59 Å². The third-order valence-corrected chi connectivity index (χ3v) is 4.00. The van der Waals surface area contributed by atoms with Crippen LogP contribution in [-0.2, 0) is 14.3 Å². The van der Waals surface area contributed by atoms with E-state index in [4.69, 9.17) is 10.5 Å². The number of rotatable bonds is 11. The number of unbranched alkanes of at least 4 members (excludes halogenated alkanes) is 6. The van der Waals surface area contributed by atoms with Crippen molar-refractivity contribution in [3.05, 3.63) is 23.9 Å². The van der Waals surface area contributed by atoms with E-state index in [-0.39, 0.29) is 23.0 Å². The lowest BCUT2D eigenvalue weighted by atomic mass is 10.1. The van der Waals surface area contributed by atoms with Crippen LogP contribution in [0.3, 0.4) is 0 Å². The van der Waals surface area contributed by atoms with Crippen molar-refractivity contribution in [3.8, 4) is 0 Å². The number of hydrogen-bond donors (Lipinski definition) is 1. The van der Waals surface area contributed by atoms with Crippen molar-refractivity contribution in [2.75, 3.05) is 6.54 Å². The fourth-order valence-corrected chi connectivity index (χ4v) is 2.52. The monoisotopic (exact) mass is 402 g/mol. The summed E-state index contributed by atoms with van der Waals surface area (Å²) < 4.78 is 5.42. The summed E-state index contributed by atoms with van der Waals surface area (Å²) in [6.45, 7) is 4.38. The molecule has 1 unspecified atom stereocenters. The van der Waals surface area contributed by atoms with Crippen LogP contribution >= 0.6 is 17.0 Å². The quantitative estimate of drug-likeness (QED) is 0.420. The van der Waals surface area contributed by atoms with E-state index in [1.54, 1.807) is 30.2 Å². The van der Waals surface area contributed by atoms with Crippen LogP contribution in [-0.4, -0.2) is 29.5 Å². The van der Waals surface area contributed by atoms with Gasteiger partial charge in [-0.25, -0.2) is 0 Å². The molecule has 0 aromatic carbocycles. The van der Waals surface area contributed by atoms with E-state index in [1.807, 2.05) is 0 Å². The minimum absolute atomic E-state index is 0. The molecule has 1 aliphatic heterocycles. The average Bonchev–Trinajstić information content (AvgIpc) is 2.54. The molecule has 0 radical (unpaired) electrons. The zero-order valence-electron chi connectivity index (χ0n) is 14.8. The molecule has 0 bridgehead atoms. The molecule has 1 atom stereocenters. The Kier molecular flexibility index (Phi) is 12.3. The van der Waals surface area contributed by atoms with Gasteiger partial charge in [-0.3, -0.25) is 9.59 Å². The molecule has 0 spiro atoms. The molecule has 0 saturated carbocycles. The van der Waals surface area contributed by atoms with Crippen molar-refractivity contribution >= 4 is 28.9 Å². The molecule has 0 fully saturated rings. The van der Waals surface area contributed by atoms with Gasteiger partial charge in [0.05, 0.1) is 6.54 Å². The van der Waals surface area contributed by atoms with Crippen molar-refractivity contribution in [2.45, 2.75) is 71.4 Å². The van der Waals surface area contributed by atoms with Gasteiger partial charge in [-0.1, -0.05) is 51.5 Å². The molecule has 1 rings (SSSR count). The first-order valence-electron chi connectivity index (χ1n) is 8.67. The van der Waals surface area contributed by atoms with E-state index in [1.165, 1.54) is 32.1 Å². The third-order valence-electron chi connectivity index (χ3n) is 4.00. The molecule has 0 saturated heterocycles. The second kappa shape index (κ2) is 13.0. The highest BCUT2D eigenvalue weighted by molar-refractivity contribution is 8.93. The van der Waals surface area contributed by atoms with E-state index in [0.29, 0.717) is 18.5 Å². The van der Waals surface area contributed by atoms with Crippen molar-refractivity contribution in [1.29, 1.82) is 0 Å². The van der Waals surface area contributed by atoms with Gasteiger partial charge in [0, 0.05) is 18.2 Å². The van der Waals surface area contributed by atoms with Gasteiger partial charge in [0.1, 0.15) is 0 Å². The zero-order chi connectivity index (χ0) is 17.1. The number of halogens is 1. The topological polar surface area (TPSA) is 72.6 Å². The Morgan fingerprint density at radius 2 is 1.83 bits per heavy atom. The first kappa shape index (κ1) is 22.7. The third kappa shape index (κ3) is 9.11. The van der Waals surface area contributed by atoms with Crippen LogP contribution in [0.1, 0.15) is 65.2 Å². The highest BCUT2D eigenvalue weighted by Gasteiger charge is 2.19. The molecule has 1 heterocycles. The first-order chi connectivity index (χ1) is 11.0. The van der Waals surface area contributed by atoms with Gasteiger partial charge in [0.25, 0.3) is 0 Å². The molecule has 5 nitrogen and oxygen atoms in total. The van der Waals surface area contributed by atoms with Gasteiger partial charge in [0.15, 0.2) is 6.23 Å². The number of hydrogen-bond acceptors (Lipinski definition) is 4. The number of carbonyl (C=O) groups is 2. The van der Waals surface area contributed by atoms with Crippen LogP contribution in [0.5, 0.6) is 0 Å². The van der Waals surface area contributed by atoms with Crippen molar-refractivity contribution < 1.29 is 14.3 Å². The summed E-state index contributed by atoms with van der Waals surface area (Å²) in [6.07, 6.45) is 13.5. The molecular weight excluding hydrogens is 372 g/mol. The molecule has 1 amide bonds. The Morgan fingerprint density at radius 3 is 2.46 bits per heavy atom. The molecule has 2 N–H and O–H groups in total. The fraction of sp³-hybridized carbons (Fsp3) is 0.667. The van der Waals surface area contributed by atoms with Crippen molar-refractivity contribution in [1.82, 2.24) is 4.90 Å². The normalized spacial score (nSPS) is 14.6. The van der Waals surface area contributed by atoms with E-state index < -0.39 is 12.1 Å². The van der Waals surface area contributed by atoms with E-state index in [2.05, 4.69) is 6.92 Å². The molecular formula is C18H31BrN2O3. The summed E-state index contributed by atoms with van der Waals surface area (Å²) in [5.41, 5.74) is 5.80. The van der Waals surface area contributed by atoms with Gasteiger partial charge in [-0.2, -0.15) is 0 Å². The maximum absolute atomic E-state index is 11.9.